The van der Waals surface area contributed by atoms with E-state index in [4.69, 9.17) is 4.74 Å². The number of carbonyl (C=O) groups excluding carboxylic acids is 2. The molecule has 0 bridgehead atoms. The Hall–Kier alpha value is -2.17. The molecule has 4 nitrogen and oxygen atoms in total. The van der Waals surface area contributed by atoms with Crippen LogP contribution in [-0.2, 0) is 9.53 Å². The zero-order valence-corrected chi connectivity index (χ0v) is 10.8. The third-order valence-corrected chi connectivity index (χ3v) is 2.44. The Kier molecular flexibility index (Phi) is 5.73. The van der Waals surface area contributed by atoms with Crippen molar-refractivity contribution in [1.29, 1.82) is 0 Å². The number of carbonyl (C=O) groups is 2. The van der Waals surface area contributed by atoms with Crippen LogP contribution >= 0.6 is 0 Å². The highest BCUT2D eigenvalue weighted by atomic mass is 19.1. The summed E-state index contributed by atoms with van der Waals surface area (Å²) in [6, 6.07) is 3.71. The van der Waals surface area contributed by atoms with Crippen molar-refractivity contribution in [3.63, 3.8) is 0 Å². The molecule has 0 spiro atoms. The Balaban J connectivity index is 2.71. The van der Waals surface area contributed by atoms with Crippen LogP contribution in [0.15, 0.2) is 29.8 Å². The lowest BCUT2D eigenvalue weighted by Crippen LogP contribution is -2.06. The van der Waals surface area contributed by atoms with E-state index in [-0.39, 0.29) is 17.9 Å². The predicted octanol–water partition coefficient (Wildman–Crippen LogP) is 2.53. The second kappa shape index (κ2) is 7.31. The zero-order chi connectivity index (χ0) is 14.3. The molecule has 0 aromatic heterocycles. The highest BCUT2D eigenvalue weighted by molar-refractivity contribution is 5.88. The highest BCUT2D eigenvalue weighted by Gasteiger charge is 2.06. The quantitative estimate of drug-likeness (QED) is 0.451. The smallest absolute Gasteiger partial charge is 0.333 e. The van der Waals surface area contributed by atoms with Gasteiger partial charge in [0.25, 0.3) is 0 Å². The Morgan fingerprint density at radius 2 is 2.11 bits per heavy atom. The minimum absolute atomic E-state index is 0.0972. The maximum atomic E-state index is 13.1. The van der Waals surface area contributed by atoms with E-state index in [1.54, 1.807) is 6.08 Å². The Morgan fingerprint density at radius 3 is 2.68 bits per heavy atom. The van der Waals surface area contributed by atoms with Gasteiger partial charge in [0.1, 0.15) is 24.5 Å². The molecular formula is C14H15FO4. The topological polar surface area (TPSA) is 52.6 Å². The van der Waals surface area contributed by atoms with Crippen molar-refractivity contribution in [3.8, 4) is 5.75 Å². The number of aldehydes is 1. The van der Waals surface area contributed by atoms with Gasteiger partial charge in [0.15, 0.2) is 0 Å². The largest absolute Gasteiger partial charge is 0.489 e. The molecule has 102 valence electrons. The van der Waals surface area contributed by atoms with Crippen molar-refractivity contribution in [1.82, 2.24) is 0 Å². The van der Waals surface area contributed by atoms with Gasteiger partial charge in [0.2, 0.25) is 0 Å². The number of ether oxygens (including phenoxy) is 2. The summed E-state index contributed by atoms with van der Waals surface area (Å²) in [5.41, 5.74) is 0.678. The van der Waals surface area contributed by atoms with E-state index < -0.39 is 11.8 Å². The lowest BCUT2D eigenvalue weighted by atomic mass is 10.2. The van der Waals surface area contributed by atoms with Crippen LogP contribution in [-0.4, -0.2) is 26.0 Å². The normalized spacial score (nSPS) is 11.0. The van der Waals surface area contributed by atoms with E-state index in [9.17, 15) is 14.0 Å². The number of halogens is 1. The fourth-order valence-corrected chi connectivity index (χ4v) is 1.48. The molecule has 0 aliphatic carbocycles. The van der Waals surface area contributed by atoms with Crippen LogP contribution in [0.25, 0.3) is 0 Å². The van der Waals surface area contributed by atoms with Crippen molar-refractivity contribution >= 4 is 12.3 Å². The van der Waals surface area contributed by atoms with Gasteiger partial charge in [-0.2, -0.15) is 0 Å². The lowest BCUT2D eigenvalue weighted by Gasteiger charge is -2.06. The lowest BCUT2D eigenvalue weighted by molar-refractivity contribution is -0.136. The van der Waals surface area contributed by atoms with Crippen molar-refractivity contribution in [2.45, 2.75) is 13.3 Å². The molecule has 1 aromatic carbocycles. The minimum Gasteiger partial charge on any atom is -0.489 e. The molecule has 0 N–H and O–H groups in total. The van der Waals surface area contributed by atoms with Gasteiger partial charge in [0.05, 0.1) is 7.11 Å². The highest BCUT2D eigenvalue weighted by Crippen LogP contribution is 2.15. The van der Waals surface area contributed by atoms with Crippen LogP contribution in [0.4, 0.5) is 4.39 Å². The summed E-state index contributed by atoms with van der Waals surface area (Å²) in [6.45, 7) is 1.91. The Morgan fingerprint density at radius 1 is 1.37 bits per heavy atom. The molecule has 0 unspecified atom stereocenters. The first-order valence-electron chi connectivity index (χ1n) is 5.76. The molecule has 0 radical (unpaired) electrons. The van der Waals surface area contributed by atoms with Crippen molar-refractivity contribution in [2.24, 2.45) is 0 Å². The number of esters is 1. The summed E-state index contributed by atoms with van der Waals surface area (Å²) < 4.78 is 23.0. The molecule has 0 aliphatic rings. The summed E-state index contributed by atoms with van der Waals surface area (Å²) in [5, 5.41) is 0. The summed E-state index contributed by atoms with van der Waals surface area (Å²) in [5.74, 6) is -0.732. The van der Waals surface area contributed by atoms with Crippen LogP contribution in [0.5, 0.6) is 5.75 Å². The van der Waals surface area contributed by atoms with Gasteiger partial charge in [-0.1, -0.05) is 6.92 Å². The number of methoxy groups -OCH3 is 1. The van der Waals surface area contributed by atoms with Crippen molar-refractivity contribution < 1.29 is 23.5 Å². The van der Waals surface area contributed by atoms with E-state index in [0.717, 1.165) is 6.07 Å². The summed E-state index contributed by atoms with van der Waals surface area (Å²) >= 11 is 0. The second-order valence-electron chi connectivity index (χ2n) is 3.72. The molecule has 0 heterocycles. The van der Waals surface area contributed by atoms with Crippen molar-refractivity contribution in [3.05, 3.63) is 41.2 Å². The van der Waals surface area contributed by atoms with Crippen LogP contribution in [0.1, 0.15) is 23.7 Å². The molecule has 0 amide bonds. The summed E-state index contributed by atoms with van der Waals surface area (Å²) in [7, 11) is 1.30. The van der Waals surface area contributed by atoms with Crippen LogP contribution < -0.4 is 4.74 Å². The van der Waals surface area contributed by atoms with Crippen molar-refractivity contribution in [2.75, 3.05) is 13.7 Å². The number of hydrogen-bond acceptors (Lipinski definition) is 4. The Labute approximate surface area is 110 Å². The molecule has 1 rings (SSSR count). The fourth-order valence-electron chi connectivity index (χ4n) is 1.48. The minimum atomic E-state index is -0.549. The van der Waals surface area contributed by atoms with Gasteiger partial charge in [-0.15, -0.1) is 0 Å². The number of rotatable bonds is 6. The average molecular weight is 266 g/mol. The maximum Gasteiger partial charge on any atom is 0.333 e. The number of benzene rings is 1. The summed E-state index contributed by atoms with van der Waals surface area (Å²) in [4.78, 5) is 21.9. The molecule has 0 saturated heterocycles. The zero-order valence-electron chi connectivity index (χ0n) is 10.8. The monoisotopic (exact) mass is 266 g/mol. The first kappa shape index (κ1) is 14.9. The van der Waals surface area contributed by atoms with Gasteiger partial charge < -0.3 is 9.47 Å². The molecular weight excluding hydrogens is 251 g/mol. The van der Waals surface area contributed by atoms with Crippen LogP contribution in [0.2, 0.25) is 0 Å². The van der Waals surface area contributed by atoms with Gasteiger partial charge in [0, 0.05) is 17.2 Å². The molecule has 0 atom stereocenters. The van der Waals surface area contributed by atoms with Crippen LogP contribution in [0, 0.1) is 5.82 Å². The predicted molar refractivity (Wildman–Crippen MR) is 67.7 cm³/mol. The van der Waals surface area contributed by atoms with E-state index >= 15 is 0 Å². The Bertz CT molecular complexity index is 494. The van der Waals surface area contributed by atoms with E-state index in [0.29, 0.717) is 18.3 Å². The molecule has 5 heteroatoms. The number of hydrogen-bond donors (Lipinski definition) is 0. The molecule has 0 saturated carbocycles. The second-order valence-corrected chi connectivity index (χ2v) is 3.72. The molecule has 0 aliphatic heterocycles. The van der Waals surface area contributed by atoms with Crippen LogP contribution in [0.3, 0.4) is 0 Å². The van der Waals surface area contributed by atoms with Gasteiger partial charge >= 0.3 is 5.97 Å². The van der Waals surface area contributed by atoms with Gasteiger partial charge in [-0.05, 0) is 24.6 Å². The summed E-state index contributed by atoms with van der Waals surface area (Å²) in [6.07, 6.45) is 2.62. The van der Waals surface area contributed by atoms with E-state index in [2.05, 4.69) is 4.74 Å². The first-order valence-corrected chi connectivity index (χ1v) is 5.76. The SMILES string of the molecule is CC/C(=C/COc1cc(F)cc(C=O)c1)C(=O)OC. The van der Waals surface area contributed by atoms with E-state index in [1.807, 2.05) is 6.92 Å². The first-order chi connectivity index (χ1) is 9.10. The molecule has 1 aromatic rings. The van der Waals surface area contributed by atoms with E-state index in [1.165, 1.54) is 19.2 Å². The fraction of sp³-hybridized carbons (Fsp3) is 0.286. The maximum absolute atomic E-state index is 13.1. The van der Waals surface area contributed by atoms with Gasteiger partial charge in [-0.3, -0.25) is 4.79 Å². The average Bonchev–Trinajstić information content (AvgIpc) is 2.42. The third-order valence-electron chi connectivity index (χ3n) is 2.44. The third kappa shape index (κ3) is 4.54. The molecule has 0 fully saturated rings. The molecule has 19 heavy (non-hydrogen) atoms. The standard InChI is InChI=1S/C14H15FO4/c1-3-11(14(17)18-2)4-5-19-13-7-10(9-16)6-12(15)8-13/h4,6-9H,3,5H2,1-2H3/b11-4-. The van der Waals surface area contributed by atoms with Gasteiger partial charge in [-0.25, -0.2) is 9.18 Å².